The Balaban J connectivity index is 2.36. The number of halogens is 1. The van der Waals surface area contributed by atoms with E-state index in [-0.39, 0.29) is 18.1 Å². The smallest absolute Gasteiger partial charge is 0.0989 e. The maximum atomic E-state index is 11.8. The lowest BCUT2D eigenvalue weighted by Crippen LogP contribution is -2.34. The van der Waals surface area contributed by atoms with Gasteiger partial charge in [0.15, 0.2) is 0 Å². The second-order valence-corrected chi connectivity index (χ2v) is 3.31. The summed E-state index contributed by atoms with van der Waals surface area (Å²) in [5.74, 6) is 0.0181. The fraction of sp³-hybridized carbons (Fsp3) is 1.00. The van der Waals surface area contributed by atoms with Gasteiger partial charge in [-0.15, -0.1) is 0 Å². The van der Waals surface area contributed by atoms with Crippen molar-refractivity contribution < 1.29 is 19.3 Å². The Hall–Kier alpha value is -0.190. The summed E-state index contributed by atoms with van der Waals surface area (Å²) in [6.07, 6.45) is 1.02. The van der Waals surface area contributed by atoms with Gasteiger partial charge in [0.05, 0.1) is 18.8 Å². The summed E-state index contributed by atoms with van der Waals surface area (Å²) in [5, 5.41) is 9.46. The maximum Gasteiger partial charge on any atom is 0.0989 e. The summed E-state index contributed by atoms with van der Waals surface area (Å²) >= 11 is 0. The first kappa shape index (κ1) is 9.89. The van der Waals surface area contributed by atoms with Crippen LogP contribution in [0.15, 0.2) is 0 Å². The Morgan fingerprint density at radius 2 is 2.25 bits per heavy atom. The van der Waals surface area contributed by atoms with Gasteiger partial charge in [0.1, 0.15) is 0 Å². The SMILES string of the molecule is COC[C@H]1C[C@H](OF)CC[C@@H]1O. The number of aliphatic hydroxyl groups excluding tert-OH is 1. The van der Waals surface area contributed by atoms with Gasteiger partial charge in [0, 0.05) is 13.0 Å². The standard InChI is InChI=1S/C8H15FO3/c1-11-5-6-4-7(12-9)2-3-8(6)10/h6-8,10H,2-5H2,1H3/t6-,7-,8+/m1/s1. The highest BCUT2D eigenvalue weighted by Crippen LogP contribution is 2.27. The van der Waals surface area contributed by atoms with Crippen molar-refractivity contribution in [3.8, 4) is 0 Å². The molecule has 0 heterocycles. The van der Waals surface area contributed by atoms with Gasteiger partial charge in [0.25, 0.3) is 0 Å². The molecule has 0 radical (unpaired) electrons. The van der Waals surface area contributed by atoms with Crippen LogP contribution in [0.3, 0.4) is 0 Å². The minimum Gasteiger partial charge on any atom is -0.393 e. The van der Waals surface area contributed by atoms with Crippen LogP contribution >= 0.6 is 0 Å². The Morgan fingerprint density at radius 3 is 2.83 bits per heavy atom. The molecule has 1 aliphatic carbocycles. The average molecular weight is 178 g/mol. The lowest BCUT2D eigenvalue weighted by atomic mass is 9.85. The molecule has 0 saturated heterocycles. The fourth-order valence-corrected chi connectivity index (χ4v) is 1.68. The molecule has 3 nitrogen and oxygen atoms in total. The highest BCUT2D eigenvalue weighted by Gasteiger charge is 2.30. The first-order valence-corrected chi connectivity index (χ1v) is 4.22. The van der Waals surface area contributed by atoms with Crippen molar-refractivity contribution in [1.29, 1.82) is 0 Å². The van der Waals surface area contributed by atoms with E-state index in [1.54, 1.807) is 7.11 Å². The molecule has 0 amide bonds. The largest absolute Gasteiger partial charge is 0.393 e. The number of hydrogen-bond acceptors (Lipinski definition) is 3. The molecule has 0 spiro atoms. The van der Waals surface area contributed by atoms with Crippen LogP contribution in [0, 0.1) is 5.92 Å². The van der Waals surface area contributed by atoms with Crippen molar-refractivity contribution in [3.05, 3.63) is 0 Å². The van der Waals surface area contributed by atoms with E-state index in [0.717, 1.165) is 0 Å². The number of methoxy groups -OCH3 is 1. The number of hydrogen-bond donors (Lipinski definition) is 1. The van der Waals surface area contributed by atoms with Gasteiger partial charge in [-0.1, -0.05) is 0 Å². The third-order valence-corrected chi connectivity index (χ3v) is 2.40. The number of rotatable bonds is 3. The summed E-state index contributed by atoms with van der Waals surface area (Å²) in [4.78, 5) is 3.75. The van der Waals surface area contributed by atoms with E-state index in [1.165, 1.54) is 0 Å². The van der Waals surface area contributed by atoms with Crippen molar-refractivity contribution >= 4 is 0 Å². The van der Waals surface area contributed by atoms with Crippen LogP contribution in [0.25, 0.3) is 0 Å². The Morgan fingerprint density at radius 1 is 1.50 bits per heavy atom. The van der Waals surface area contributed by atoms with Gasteiger partial charge in [-0.05, 0) is 23.8 Å². The van der Waals surface area contributed by atoms with Gasteiger partial charge < -0.3 is 9.84 Å². The molecule has 1 N–H and O–H groups in total. The zero-order chi connectivity index (χ0) is 8.97. The molecule has 4 heteroatoms. The molecule has 1 rings (SSSR count). The van der Waals surface area contributed by atoms with Crippen LogP contribution < -0.4 is 0 Å². The Kier molecular flexibility index (Phi) is 3.91. The Bertz CT molecular complexity index is 131. The third kappa shape index (κ3) is 2.40. The van der Waals surface area contributed by atoms with Crippen molar-refractivity contribution in [2.45, 2.75) is 31.5 Å². The fourth-order valence-electron chi connectivity index (χ4n) is 1.68. The molecule has 0 aromatic heterocycles. The molecule has 1 fully saturated rings. The van der Waals surface area contributed by atoms with E-state index < -0.39 is 0 Å². The van der Waals surface area contributed by atoms with Crippen LogP contribution in [-0.2, 0) is 9.68 Å². The molecular formula is C8H15FO3. The molecular weight excluding hydrogens is 163 g/mol. The third-order valence-electron chi connectivity index (χ3n) is 2.40. The zero-order valence-corrected chi connectivity index (χ0v) is 7.20. The van der Waals surface area contributed by atoms with Crippen LogP contribution in [0.1, 0.15) is 19.3 Å². The molecule has 0 aromatic carbocycles. The number of aliphatic hydroxyl groups is 1. The second kappa shape index (κ2) is 4.74. The molecule has 72 valence electrons. The van der Waals surface area contributed by atoms with Gasteiger partial charge in [-0.2, -0.15) is 4.94 Å². The molecule has 1 aliphatic rings. The van der Waals surface area contributed by atoms with Crippen LogP contribution in [-0.4, -0.2) is 31.0 Å². The molecule has 0 aromatic rings. The first-order valence-electron chi connectivity index (χ1n) is 4.22. The van der Waals surface area contributed by atoms with E-state index in [1.807, 2.05) is 0 Å². The van der Waals surface area contributed by atoms with E-state index in [9.17, 15) is 9.63 Å². The number of ether oxygens (including phenoxy) is 1. The Labute approximate surface area is 71.4 Å². The van der Waals surface area contributed by atoms with Gasteiger partial charge in [-0.25, -0.2) is 0 Å². The predicted octanol–water partition coefficient (Wildman–Crippen LogP) is 1.06. The van der Waals surface area contributed by atoms with E-state index in [4.69, 9.17) is 4.74 Å². The molecule has 12 heavy (non-hydrogen) atoms. The normalized spacial score (nSPS) is 36.8. The van der Waals surface area contributed by atoms with Crippen molar-refractivity contribution in [1.82, 2.24) is 0 Å². The zero-order valence-electron chi connectivity index (χ0n) is 7.20. The summed E-state index contributed by atoms with van der Waals surface area (Å²) in [7, 11) is 1.58. The highest BCUT2D eigenvalue weighted by atomic mass is 19.3. The quantitative estimate of drug-likeness (QED) is 0.702. The summed E-state index contributed by atoms with van der Waals surface area (Å²) in [6, 6.07) is 0. The topological polar surface area (TPSA) is 38.7 Å². The lowest BCUT2D eigenvalue weighted by molar-refractivity contribution is -0.201. The molecule has 0 unspecified atom stereocenters. The highest BCUT2D eigenvalue weighted by molar-refractivity contribution is 4.79. The maximum absolute atomic E-state index is 11.8. The second-order valence-electron chi connectivity index (χ2n) is 3.31. The van der Waals surface area contributed by atoms with E-state index in [0.29, 0.717) is 25.9 Å². The summed E-state index contributed by atoms with van der Waals surface area (Å²) < 4.78 is 16.7. The van der Waals surface area contributed by atoms with E-state index >= 15 is 0 Å². The molecule has 1 saturated carbocycles. The van der Waals surface area contributed by atoms with Gasteiger partial charge in [-0.3, -0.25) is 0 Å². The van der Waals surface area contributed by atoms with Crippen LogP contribution in [0.5, 0.6) is 0 Å². The monoisotopic (exact) mass is 178 g/mol. The van der Waals surface area contributed by atoms with Crippen molar-refractivity contribution in [3.63, 3.8) is 0 Å². The minimum atomic E-state index is -0.364. The van der Waals surface area contributed by atoms with Gasteiger partial charge >= 0.3 is 0 Å². The minimum absolute atomic E-state index is 0.0181. The van der Waals surface area contributed by atoms with Crippen molar-refractivity contribution in [2.24, 2.45) is 5.92 Å². The van der Waals surface area contributed by atoms with Crippen molar-refractivity contribution in [2.75, 3.05) is 13.7 Å². The lowest BCUT2D eigenvalue weighted by Gasteiger charge is -2.30. The molecule has 3 atom stereocenters. The molecule has 0 aliphatic heterocycles. The summed E-state index contributed by atoms with van der Waals surface area (Å²) in [5.41, 5.74) is 0. The van der Waals surface area contributed by atoms with Crippen LogP contribution in [0.4, 0.5) is 4.53 Å². The average Bonchev–Trinajstić information content (AvgIpc) is 2.09. The first-order chi connectivity index (χ1) is 5.77. The van der Waals surface area contributed by atoms with Gasteiger partial charge in [0.2, 0.25) is 0 Å². The predicted molar refractivity (Wildman–Crippen MR) is 41.2 cm³/mol. The van der Waals surface area contributed by atoms with Crippen LogP contribution in [0.2, 0.25) is 0 Å². The summed E-state index contributed by atoms with van der Waals surface area (Å²) in [6.45, 7) is 0.473. The van der Waals surface area contributed by atoms with E-state index in [2.05, 4.69) is 4.94 Å². The molecule has 0 bridgehead atoms.